The molecule has 0 saturated heterocycles. The number of carbonyl (C=O) groups is 1. The first-order chi connectivity index (χ1) is 14.0. The summed E-state index contributed by atoms with van der Waals surface area (Å²) in [5.74, 6) is 0.882. The van der Waals surface area contributed by atoms with Crippen molar-refractivity contribution in [3.05, 3.63) is 58.1 Å². The van der Waals surface area contributed by atoms with Crippen molar-refractivity contribution in [2.24, 2.45) is 0 Å². The second kappa shape index (κ2) is 9.33. The molecule has 150 valence electrons. The zero-order chi connectivity index (χ0) is 20.8. The lowest BCUT2D eigenvalue weighted by atomic mass is 10.1. The third-order valence-electron chi connectivity index (χ3n) is 4.12. The van der Waals surface area contributed by atoms with E-state index in [1.807, 2.05) is 30.0 Å². The fourth-order valence-corrected chi connectivity index (χ4v) is 3.09. The highest BCUT2D eigenvalue weighted by Crippen LogP contribution is 2.31. The zero-order valence-electron chi connectivity index (χ0n) is 16.3. The van der Waals surface area contributed by atoms with Gasteiger partial charge in [-0.1, -0.05) is 12.2 Å². The number of methoxy groups -OCH3 is 1. The minimum Gasteiger partial charge on any atom is -0.496 e. The first-order valence-corrected chi connectivity index (χ1v) is 9.72. The van der Waals surface area contributed by atoms with Gasteiger partial charge in [0.05, 0.1) is 23.5 Å². The Bertz CT molecular complexity index is 1030. The van der Waals surface area contributed by atoms with Crippen molar-refractivity contribution >= 4 is 45.6 Å². The summed E-state index contributed by atoms with van der Waals surface area (Å²) in [6.45, 7) is 2.82. The van der Waals surface area contributed by atoms with Crippen molar-refractivity contribution in [3.8, 4) is 5.75 Å². The summed E-state index contributed by atoms with van der Waals surface area (Å²) in [6.07, 6.45) is 10.8. The molecule has 3 rings (SSSR count). The van der Waals surface area contributed by atoms with Crippen LogP contribution in [0.3, 0.4) is 0 Å². The van der Waals surface area contributed by atoms with E-state index in [4.69, 9.17) is 4.74 Å². The monoisotopic (exact) mass is 456 g/mol. The van der Waals surface area contributed by atoms with Gasteiger partial charge in [-0.05, 0) is 40.5 Å². The molecular formula is C20H21BrN6O2. The lowest BCUT2D eigenvalue weighted by Crippen LogP contribution is -2.18. The first kappa shape index (κ1) is 20.5. The van der Waals surface area contributed by atoms with Crippen molar-refractivity contribution < 1.29 is 9.53 Å². The average molecular weight is 457 g/mol. The van der Waals surface area contributed by atoms with Crippen molar-refractivity contribution in [1.82, 2.24) is 25.1 Å². The van der Waals surface area contributed by atoms with Crippen LogP contribution in [0.1, 0.15) is 28.4 Å². The first-order valence-electron chi connectivity index (χ1n) is 8.93. The second-order valence-electron chi connectivity index (χ2n) is 6.04. The number of ether oxygens (including phenoxy) is 1. The highest BCUT2D eigenvalue weighted by atomic mass is 79.9. The molecule has 0 bridgehead atoms. The predicted octanol–water partition coefficient (Wildman–Crippen LogP) is 3.74. The Morgan fingerprint density at radius 3 is 2.62 bits per heavy atom. The molecule has 1 aromatic carbocycles. The van der Waals surface area contributed by atoms with Gasteiger partial charge in [-0.3, -0.25) is 9.48 Å². The van der Waals surface area contributed by atoms with Gasteiger partial charge in [-0.2, -0.15) is 5.10 Å². The van der Waals surface area contributed by atoms with Crippen molar-refractivity contribution in [2.45, 2.75) is 13.5 Å². The molecular weight excluding hydrogens is 436 g/mol. The topological polar surface area (TPSA) is 94.0 Å². The van der Waals surface area contributed by atoms with Crippen LogP contribution in [-0.2, 0) is 6.54 Å². The molecule has 0 aliphatic heterocycles. The molecule has 3 aromatic rings. The quantitative estimate of drug-likeness (QED) is 0.562. The van der Waals surface area contributed by atoms with Crippen LogP contribution in [0.25, 0.3) is 12.2 Å². The van der Waals surface area contributed by atoms with E-state index < -0.39 is 0 Å². The number of benzene rings is 1. The minimum absolute atomic E-state index is 0.185. The molecule has 0 unspecified atom stereocenters. The maximum Gasteiger partial charge on any atom is 0.251 e. The van der Waals surface area contributed by atoms with E-state index >= 15 is 0 Å². The fraction of sp³-hybridized carbons (Fsp3) is 0.200. The molecule has 2 N–H and O–H groups in total. The van der Waals surface area contributed by atoms with E-state index in [2.05, 4.69) is 41.6 Å². The minimum atomic E-state index is -0.185. The maximum atomic E-state index is 12.0. The van der Waals surface area contributed by atoms with Gasteiger partial charge in [0.25, 0.3) is 5.91 Å². The van der Waals surface area contributed by atoms with Crippen molar-refractivity contribution in [1.29, 1.82) is 0 Å². The standard InChI is InChI=1S/C20H21BrN6O2/c1-4-27-12-16(11-25-27)26-20-23-9-13(10-24-20)5-6-14-7-15(19(28)22-2)8-17(29-3)18(14)21/h5-12H,4H2,1-3H3,(H,22,28)(H,23,24,26)/b6-5+. The third kappa shape index (κ3) is 5.00. The number of hydrogen-bond acceptors (Lipinski definition) is 6. The van der Waals surface area contributed by atoms with Crippen LogP contribution < -0.4 is 15.4 Å². The number of carbonyl (C=O) groups excluding carboxylic acids is 1. The van der Waals surface area contributed by atoms with E-state index in [1.54, 1.807) is 44.9 Å². The third-order valence-corrected chi connectivity index (χ3v) is 4.97. The van der Waals surface area contributed by atoms with Crippen LogP contribution in [0.4, 0.5) is 11.6 Å². The van der Waals surface area contributed by atoms with E-state index in [0.717, 1.165) is 27.8 Å². The number of hydrogen-bond donors (Lipinski definition) is 2. The Balaban J connectivity index is 1.78. The van der Waals surface area contributed by atoms with Crippen LogP contribution in [0, 0.1) is 0 Å². The molecule has 0 radical (unpaired) electrons. The van der Waals surface area contributed by atoms with Crippen LogP contribution in [0.2, 0.25) is 0 Å². The number of nitrogens with zero attached hydrogens (tertiary/aromatic N) is 4. The summed E-state index contributed by atoms with van der Waals surface area (Å²) in [5.41, 5.74) is 2.96. The molecule has 2 heterocycles. The molecule has 0 aliphatic rings. The summed E-state index contributed by atoms with van der Waals surface area (Å²) in [7, 11) is 3.15. The number of halogens is 1. The van der Waals surface area contributed by atoms with Crippen molar-refractivity contribution in [3.63, 3.8) is 0 Å². The van der Waals surface area contributed by atoms with Gasteiger partial charge in [0, 0.05) is 43.3 Å². The molecule has 9 heteroatoms. The van der Waals surface area contributed by atoms with Gasteiger partial charge in [0.1, 0.15) is 5.75 Å². The molecule has 0 atom stereocenters. The van der Waals surface area contributed by atoms with E-state index in [9.17, 15) is 4.79 Å². The summed E-state index contributed by atoms with van der Waals surface area (Å²) in [6, 6.07) is 3.47. The van der Waals surface area contributed by atoms with Gasteiger partial charge in [0.2, 0.25) is 5.95 Å². The van der Waals surface area contributed by atoms with Gasteiger partial charge < -0.3 is 15.4 Å². The Labute approximate surface area is 177 Å². The average Bonchev–Trinajstić information content (AvgIpc) is 3.21. The lowest BCUT2D eigenvalue weighted by Gasteiger charge is -2.09. The van der Waals surface area contributed by atoms with Crippen LogP contribution in [0.5, 0.6) is 5.75 Å². The van der Waals surface area contributed by atoms with E-state index in [-0.39, 0.29) is 5.91 Å². The van der Waals surface area contributed by atoms with Gasteiger partial charge in [0.15, 0.2) is 0 Å². The molecule has 1 amide bonds. The highest BCUT2D eigenvalue weighted by Gasteiger charge is 2.12. The number of aromatic nitrogens is 4. The predicted molar refractivity (Wildman–Crippen MR) is 116 cm³/mol. The smallest absolute Gasteiger partial charge is 0.251 e. The van der Waals surface area contributed by atoms with E-state index in [0.29, 0.717) is 17.3 Å². The second-order valence-corrected chi connectivity index (χ2v) is 6.84. The highest BCUT2D eigenvalue weighted by molar-refractivity contribution is 9.10. The van der Waals surface area contributed by atoms with Gasteiger partial charge in [-0.15, -0.1) is 0 Å². The fourth-order valence-electron chi connectivity index (χ4n) is 2.57. The molecule has 0 fully saturated rings. The Kier molecular flexibility index (Phi) is 6.61. The zero-order valence-corrected chi connectivity index (χ0v) is 17.9. The maximum absolute atomic E-state index is 12.0. The van der Waals surface area contributed by atoms with Crippen LogP contribution >= 0.6 is 15.9 Å². The Hall–Kier alpha value is -3.20. The van der Waals surface area contributed by atoms with Gasteiger partial charge >= 0.3 is 0 Å². The molecule has 2 aromatic heterocycles. The number of nitrogens with one attached hydrogen (secondary N) is 2. The lowest BCUT2D eigenvalue weighted by molar-refractivity contribution is 0.0962. The van der Waals surface area contributed by atoms with Gasteiger partial charge in [-0.25, -0.2) is 9.97 Å². The number of aryl methyl sites for hydroxylation is 1. The van der Waals surface area contributed by atoms with E-state index in [1.165, 1.54) is 0 Å². The molecule has 0 spiro atoms. The summed E-state index contributed by atoms with van der Waals surface area (Å²) in [4.78, 5) is 20.6. The number of amides is 1. The summed E-state index contributed by atoms with van der Waals surface area (Å²) in [5, 5.41) is 9.93. The van der Waals surface area contributed by atoms with Crippen LogP contribution in [-0.4, -0.2) is 39.8 Å². The number of rotatable bonds is 7. The Morgan fingerprint density at radius 1 is 1.24 bits per heavy atom. The summed E-state index contributed by atoms with van der Waals surface area (Å²) >= 11 is 3.52. The molecule has 0 aliphatic carbocycles. The van der Waals surface area contributed by atoms with Crippen molar-refractivity contribution in [2.75, 3.05) is 19.5 Å². The number of anilines is 2. The normalized spacial score (nSPS) is 10.9. The molecule has 29 heavy (non-hydrogen) atoms. The Morgan fingerprint density at radius 2 is 2.00 bits per heavy atom. The molecule has 8 nitrogen and oxygen atoms in total. The van der Waals surface area contributed by atoms with Crippen LogP contribution in [0.15, 0.2) is 41.4 Å². The molecule has 0 saturated carbocycles. The SMILES string of the molecule is CCn1cc(Nc2ncc(/C=C/c3cc(C(=O)NC)cc(OC)c3Br)cn2)cn1. The summed E-state index contributed by atoms with van der Waals surface area (Å²) < 4.78 is 7.93. The largest absolute Gasteiger partial charge is 0.496 e.